The third-order valence-corrected chi connectivity index (χ3v) is 4.15. The van der Waals surface area contributed by atoms with Crippen LogP contribution in [0.25, 0.3) is 0 Å². The first-order chi connectivity index (χ1) is 12.8. The summed E-state index contributed by atoms with van der Waals surface area (Å²) in [5.74, 6) is -0.0355. The first-order valence-electron chi connectivity index (χ1n) is 10.1. The summed E-state index contributed by atoms with van der Waals surface area (Å²) in [5.41, 5.74) is 0.409. The molecule has 0 aromatic heterocycles. The minimum Gasteiger partial charge on any atom is -0.444 e. The molecule has 1 rings (SSSR count). The topological polar surface area (TPSA) is 58.6 Å². The Labute approximate surface area is 164 Å². The maximum absolute atomic E-state index is 13.2. The zero-order valence-corrected chi connectivity index (χ0v) is 17.6. The van der Waals surface area contributed by atoms with Gasteiger partial charge in [-0.25, -0.2) is 4.79 Å². The summed E-state index contributed by atoms with van der Waals surface area (Å²) in [5, 5.41) is 2.80. The Morgan fingerprint density at radius 2 is 1.59 bits per heavy atom. The molecule has 0 heterocycles. The maximum Gasteiger partial charge on any atom is 0.408 e. The van der Waals surface area contributed by atoms with E-state index in [9.17, 15) is 9.59 Å². The molecule has 5 nitrogen and oxygen atoms in total. The van der Waals surface area contributed by atoms with E-state index in [2.05, 4.69) is 19.2 Å². The third-order valence-electron chi connectivity index (χ3n) is 4.15. The second-order valence-corrected chi connectivity index (χ2v) is 7.92. The van der Waals surface area contributed by atoms with Gasteiger partial charge < -0.3 is 15.0 Å². The zero-order chi connectivity index (χ0) is 20.3. The molecule has 0 fully saturated rings. The van der Waals surface area contributed by atoms with E-state index < -0.39 is 17.7 Å². The Bertz CT molecular complexity index is 559. The lowest BCUT2D eigenvalue weighted by atomic mass is 10.0. The van der Waals surface area contributed by atoms with E-state index >= 15 is 0 Å². The molecule has 0 spiro atoms. The van der Waals surface area contributed by atoms with Crippen molar-refractivity contribution in [1.29, 1.82) is 0 Å². The van der Waals surface area contributed by atoms with Crippen molar-refractivity contribution in [3.05, 3.63) is 35.9 Å². The van der Waals surface area contributed by atoms with Gasteiger partial charge in [-0.3, -0.25) is 4.79 Å². The minimum atomic E-state index is -0.629. The van der Waals surface area contributed by atoms with Crippen LogP contribution in [0.2, 0.25) is 0 Å². The van der Waals surface area contributed by atoms with Gasteiger partial charge >= 0.3 is 6.09 Å². The quantitative estimate of drug-likeness (QED) is 0.652. The van der Waals surface area contributed by atoms with Gasteiger partial charge in [0.05, 0.1) is 0 Å². The first kappa shape index (κ1) is 23.0. The smallest absolute Gasteiger partial charge is 0.408 e. The van der Waals surface area contributed by atoms with E-state index in [-0.39, 0.29) is 5.91 Å². The van der Waals surface area contributed by atoms with Gasteiger partial charge in [0.2, 0.25) is 5.91 Å². The van der Waals surface area contributed by atoms with Crippen molar-refractivity contribution in [2.75, 3.05) is 13.1 Å². The largest absolute Gasteiger partial charge is 0.444 e. The number of ether oxygens (including phenoxy) is 1. The van der Waals surface area contributed by atoms with Crippen LogP contribution < -0.4 is 5.32 Å². The lowest BCUT2D eigenvalue weighted by Crippen LogP contribution is -2.51. The fourth-order valence-electron chi connectivity index (χ4n) is 2.75. The minimum absolute atomic E-state index is 0.0355. The predicted octanol–water partition coefficient (Wildman–Crippen LogP) is 4.55. The number of benzene rings is 1. The summed E-state index contributed by atoms with van der Waals surface area (Å²) >= 11 is 0. The molecule has 0 saturated heterocycles. The number of amides is 2. The van der Waals surface area contributed by atoms with Crippen LogP contribution in [0.1, 0.15) is 65.9 Å². The van der Waals surface area contributed by atoms with Crippen LogP contribution in [0, 0.1) is 0 Å². The van der Waals surface area contributed by atoms with Crippen LogP contribution in [-0.4, -0.2) is 41.6 Å². The molecule has 0 aliphatic rings. The summed E-state index contributed by atoms with van der Waals surface area (Å²) in [6, 6.07) is 9.14. The van der Waals surface area contributed by atoms with Gasteiger partial charge in [-0.15, -0.1) is 0 Å². The van der Waals surface area contributed by atoms with Gasteiger partial charge in [-0.2, -0.15) is 0 Å². The lowest BCUT2D eigenvalue weighted by molar-refractivity contribution is -0.133. The molecule has 1 atom stereocenters. The molecule has 0 aliphatic heterocycles. The van der Waals surface area contributed by atoms with Gasteiger partial charge in [-0.1, -0.05) is 57.0 Å². The van der Waals surface area contributed by atoms with Crippen molar-refractivity contribution in [3.8, 4) is 0 Å². The fraction of sp³-hybridized carbons (Fsp3) is 0.636. The number of nitrogens with one attached hydrogen (secondary N) is 1. The zero-order valence-electron chi connectivity index (χ0n) is 17.6. The summed E-state index contributed by atoms with van der Waals surface area (Å²) in [6.07, 6.45) is 3.87. The monoisotopic (exact) mass is 376 g/mol. The predicted molar refractivity (Wildman–Crippen MR) is 110 cm³/mol. The number of rotatable bonds is 10. The maximum atomic E-state index is 13.2. The molecule has 0 saturated carbocycles. The Hall–Kier alpha value is -2.04. The number of hydrogen-bond acceptors (Lipinski definition) is 3. The van der Waals surface area contributed by atoms with Gasteiger partial charge in [0.15, 0.2) is 0 Å². The van der Waals surface area contributed by atoms with Gasteiger partial charge in [0.25, 0.3) is 0 Å². The Kier molecular flexibility index (Phi) is 9.90. The molecule has 1 N–H and O–H groups in total. The lowest BCUT2D eigenvalue weighted by Gasteiger charge is -2.29. The van der Waals surface area contributed by atoms with Gasteiger partial charge in [0, 0.05) is 19.5 Å². The normalized spacial score (nSPS) is 12.3. The second kappa shape index (κ2) is 11.6. The number of unbranched alkanes of at least 4 members (excludes halogenated alkanes) is 2. The molecule has 5 heteroatoms. The fourth-order valence-corrected chi connectivity index (χ4v) is 2.75. The van der Waals surface area contributed by atoms with E-state index in [1.165, 1.54) is 0 Å². The van der Waals surface area contributed by atoms with Crippen molar-refractivity contribution in [1.82, 2.24) is 10.2 Å². The average molecular weight is 377 g/mol. The number of alkyl carbamates (subject to hydrolysis) is 1. The van der Waals surface area contributed by atoms with Crippen LogP contribution in [0.4, 0.5) is 4.79 Å². The number of carbonyl (C=O) groups excluding carboxylic acids is 2. The Balaban J connectivity index is 2.94. The molecule has 27 heavy (non-hydrogen) atoms. The molecular weight excluding hydrogens is 340 g/mol. The van der Waals surface area contributed by atoms with E-state index in [1.807, 2.05) is 56.0 Å². The van der Waals surface area contributed by atoms with E-state index in [0.717, 1.165) is 44.3 Å². The third kappa shape index (κ3) is 9.45. The molecule has 0 unspecified atom stereocenters. The molecule has 1 aromatic rings. The number of nitrogens with zero attached hydrogens (tertiary/aromatic N) is 1. The van der Waals surface area contributed by atoms with Crippen molar-refractivity contribution in [2.24, 2.45) is 0 Å². The summed E-state index contributed by atoms with van der Waals surface area (Å²) < 4.78 is 5.38. The Morgan fingerprint density at radius 1 is 1.04 bits per heavy atom. The highest BCUT2D eigenvalue weighted by atomic mass is 16.6. The van der Waals surface area contributed by atoms with Gasteiger partial charge in [0.1, 0.15) is 11.6 Å². The molecule has 152 valence electrons. The second-order valence-electron chi connectivity index (χ2n) is 7.92. The molecule has 0 bridgehead atoms. The van der Waals surface area contributed by atoms with Crippen molar-refractivity contribution >= 4 is 12.0 Å². The molecule has 1 aromatic carbocycles. The van der Waals surface area contributed by atoms with Crippen molar-refractivity contribution < 1.29 is 14.3 Å². The summed E-state index contributed by atoms with van der Waals surface area (Å²) in [4.78, 5) is 27.4. The van der Waals surface area contributed by atoms with E-state index in [0.29, 0.717) is 6.42 Å². The molecule has 0 aliphatic carbocycles. The average Bonchev–Trinajstić information content (AvgIpc) is 2.60. The summed E-state index contributed by atoms with van der Waals surface area (Å²) in [7, 11) is 0. The highest BCUT2D eigenvalue weighted by Crippen LogP contribution is 2.11. The van der Waals surface area contributed by atoms with E-state index in [1.54, 1.807) is 0 Å². The highest BCUT2D eigenvalue weighted by molar-refractivity contribution is 5.86. The van der Waals surface area contributed by atoms with Crippen LogP contribution in [-0.2, 0) is 16.0 Å². The van der Waals surface area contributed by atoms with Crippen LogP contribution >= 0.6 is 0 Å². The number of carbonyl (C=O) groups is 2. The Morgan fingerprint density at radius 3 is 2.07 bits per heavy atom. The standard InChI is InChI=1S/C22H36N2O3/c1-6-8-15-24(16-9-7-2)20(25)19(17-18-13-11-10-12-14-18)23-21(26)27-22(3,4)5/h10-14,19H,6-9,15-17H2,1-5H3,(H,23,26)/t19-/m0/s1. The van der Waals surface area contributed by atoms with Crippen LogP contribution in [0.5, 0.6) is 0 Å². The van der Waals surface area contributed by atoms with Crippen LogP contribution in [0.3, 0.4) is 0 Å². The molecule has 2 amide bonds. The van der Waals surface area contributed by atoms with Crippen molar-refractivity contribution in [2.45, 2.75) is 78.4 Å². The van der Waals surface area contributed by atoms with Gasteiger partial charge in [-0.05, 0) is 39.2 Å². The molecular formula is C22H36N2O3. The SMILES string of the molecule is CCCCN(CCCC)C(=O)[C@H](Cc1ccccc1)NC(=O)OC(C)(C)C. The summed E-state index contributed by atoms with van der Waals surface area (Å²) in [6.45, 7) is 11.1. The molecule has 0 radical (unpaired) electrons. The van der Waals surface area contributed by atoms with Crippen LogP contribution in [0.15, 0.2) is 30.3 Å². The van der Waals surface area contributed by atoms with Crippen molar-refractivity contribution in [3.63, 3.8) is 0 Å². The van der Waals surface area contributed by atoms with E-state index in [4.69, 9.17) is 4.74 Å². The number of hydrogen-bond donors (Lipinski definition) is 1. The highest BCUT2D eigenvalue weighted by Gasteiger charge is 2.28. The first-order valence-corrected chi connectivity index (χ1v) is 10.1.